The number of ether oxygens (including phenoxy) is 2. The van der Waals surface area contributed by atoms with Crippen molar-refractivity contribution in [2.24, 2.45) is 5.92 Å². The SMILES string of the molecule is COc1cc(NC(=O)C2CCN(c3ccc(=O)n(-c4cccc(Cl)c4)n3)CC2)cc(OC)c1. The lowest BCUT2D eigenvalue weighted by atomic mass is 9.96. The van der Waals surface area contributed by atoms with Crippen LogP contribution in [0.4, 0.5) is 11.5 Å². The molecule has 1 fully saturated rings. The lowest BCUT2D eigenvalue weighted by Gasteiger charge is -2.32. The summed E-state index contributed by atoms with van der Waals surface area (Å²) in [4.78, 5) is 27.3. The number of nitrogens with zero attached hydrogens (tertiary/aromatic N) is 3. The predicted octanol–water partition coefficient (Wildman–Crippen LogP) is 3.76. The van der Waals surface area contributed by atoms with Gasteiger partial charge in [0, 0.05) is 54.0 Å². The lowest BCUT2D eigenvalue weighted by molar-refractivity contribution is -0.120. The van der Waals surface area contributed by atoms with E-state index in [1.165, 1.54) is 10.7 Å². The number of anilines is 2. The van der Waals surface area contributed by atoms with E-state index in [2.05, 4.69) is 15.3 Å². The van der Waals surface area contributed by atoms with Crippen LogP contribution in [0.5, 0.6) is 11.5 Å². The van der Waals surface area contributed by atoms with Crippen LogP contribution in [0, 0.1) is 5.92 Å². The summed E-state index contributed by atoms with van der Waals surface area (Å²) in [7, 11) is 3.14. The van der Waals surface area contributed by atoms with Crippen LogP contribution in [0.2, 0.25) is 5.02 Å². The van der Waals surface area contributed by atoms with Gasteiger partial charge in [-0.05, 0) is 37.1 Å². The summed E-state index contributed by atoms with van der Waals surface area (Å²) in [6, 6.07) is 15.5. The van der Waals surface area contributed by atoms with E-state index in [0.717, 1.165) is 0 Å². The Hall–Kier alpha value is -3.52. The topological polar surface area (TPSA) is 85.7 Å². The first-order valence-corrected chi connectivity index (χ1v) is 11.0. The third kappa shape index (κ3) is 5.28. The number of nitrogens with one attached hydrogen (secondary N) is 1. The summed E-state index contributed by atoms with van der Waals surface area (Å²) in [5.74, 6) is 1.74. The van der Waals surface area contributed by atoms with Crippen LogP contribution < -0.4 is 25.2 Å². The van der Waals surface area contributed by atoms with Crippen LogP contribution in [0.1, 0.15) is 12.8 Å². The van der Waals surface area contributed by atoms with Crippen molar-refractivity contribution in [3.05, 3.63) is 70.0 Å². The van der Waals surface area contributed by atoms with E-state index in [-0.39, 0.29) is 17.4 Å². The summed E-state index contributed by atoms with van der Waals surface area (Å²) in [6.45, 7) is 1.31. The standard InChI is InChI=1S/C24H25ClN4O4/c1-32-20-13-18(14-21(15-20)33-2)26-24(31)16-8-10-28(11-9-16)22-6-7-23(30)29(27-22)19-5-3-4-17(25)12-19/h3-7,12-16H,8-11H2,1-2H3,(H,26,31). The molecule has 9 heteroatoms. The molecule has 0 unspecified atom stereocenters. The Balaban J connectivity index is 1.42. The van der Waals surface area contributed by atoms with Gasteiger partial charge in [0.1, 0.15) is 17.3 Å². The normalized spacial score (nSPS) is 14.1. The van der Waals surface area contributed by atoms with Crippen LogP contribution in [0.3, 0.4) is 0 Å². The first-order chi connectivity index (χ1) is 16.0. The second kappa shape index (κ2) is 9.95. The molecule has 1 aromatic heterocycles. The van der Waals surface area contributed by atoms with Gasteiger partial charge in [0.05, 0.1) is 19.9 Å². The largest absolute Gasteiger partial charge is 0.497 e. The Morgan fingerprint density at radius 1 is 1.03 bits per heavy atom. The van der Waals surface area contributed by atoms with Gasteiger partial charge in [-0.2, -0.15) is 4.68 Å². The summed E-state index contributed by atoms with van der Waals surface area (Å²) >= 11 is 6.07. The molecule has 0 saturated carbocycles. The van der Waals surface area contributed by atoms with Crippen LogP contribution in [-0.2, 0) is 4.79 Å². The van der Waals surface area contributed by atoms with Gasteiger partial charge in [-0.15, -0.1) is 5.10 Å². The van der Waals surface area contributed by atoms with Gasteiger partial charge < -0.3 is 19.7 Å². The molecule has 0 bridgehead atoms. The number of aromatic nitrogens is 2. The Labute approximate surface area is 196 Å². The number of rotatable bonds is 6. The molecule has 2 aromatic carbocycles. The minimum Gasteiger partial charge on any atom is -0.497 e. The number of methoxy groups -OCH3 is 2. The molecule has 33 heavy (non-hydrogen) atoms. The first-order valence-electron chi connectivity index (χ1n) is 10.6. The molecular formula is C24H25ClN4O4. The molecular weight excluding hydrogens is 444 g/mol. The number of carbonyl (C=O) groups excluding carboxylic acids is 1. The van der Waals surface area contributed by atoms with E-state index >= 15 is 0 Å². The van der Waals surface area contributed by atoms with E-state index < -0.39 is 0 Å². The number of halogens is 1. The second-order valence-electron chi connectivity index (χ2n) is 7.77. The van der Waals surface area contributed by atoms with E-state index in [1.54, 1.807) is 62.8 Å². The fraction of sp³-hybridized carbons (Fsp3) is 0.292. The average molecular weight is 469 g/mol. The number of carbonyl (C=O) groups is 1. The molecule has 2 heterocycles. The van der Waals surface area contributed by atoms with Crippen LogP contribution in [0.15, 0.2) is 59.4 Å². The molecule has 1 N–H and O–H groups in total. The van der Waals surface area contributed by atoms with Crippen molar-refractivity contribution < 1.29 is 14.3 Å². The number of piperidine rings is 1. The summed E-state index contributed by atoms with van der Waals surface area (Å²) < 4.78 is 11.9. The van der Waals surface area contributed by atoms with Gasteiger partial charge in [0.25, 0.3) is 5.56 Å². The first kappa shape index (κ1) is 22.7. The van der Waals surface area contributed by atoms with E-state index in [1.807, 2.05) is 0 Å². The van der Waals surface area contributed by atoms with Gasteiger partial charge in [-0.3, -0.25) is 9.59 Å². The quantitative estimate of drug-likeness (QED) is 0.593. The molecule has 1 aliphatic heterocycles. The number of hydrogen-bond acceptors (Lipinski definition) is 6. The summed E-state index contributed by atoms with van der Waals surface area (Å²) in [5, 5.41) is 8.03. The number of amides is 1. The van der Waals surface area contributed by atoms with Crippen molar-refractivity contribution in [2.45, 2.75) is 12.8 Å². The van der Waals surface area contributed by atoms with Crippen LogP contribution in [0.25, 0.3) is 5.69 Å². The fourth-order valence-electron chi connectivity index (χ4n) is 3.86. The minimum atomic E-state index is -0.232. The monoisotopic (exact) mass is 468 g/mol. The van der Waals surface area contributed by atoms with Crippen molar-refractivity contribution in [1.29, 1.82) is 0 Å². The van der Waals surface area contributed by atoms with Crippen molar-refractivity contribution in [2.75, 3.05) is 37.5 Å². The maximum absolute atomic E-state index is 12.8. The molecule has 0 atom stereocenters. The number of hydrogen-bond donors (Lipinski definition) is 1. The highest BCUT2D eigenvalue weighted by molar-refractivity contribution is 6.30. The minimum absolute atomic E-state index is 0.0400. The van der Waals surface area contributed by atoms with Crippen molar-refractivity contribution in [3.8, 4) is 17.2 Å². The molecule has 172 valence electrons. The molecule has 0 spiro atoms. The third-order valence-corrected chi connectivity index (χ3v) is 5.88. The predicted molar refractivity (Wildman–Crippen MR) is 128 cm³/mol. The molecule has 1 amide bonds. The molecule has 4 rings (SSSR count). The number of benzene rings is 2. The maximum Gasteiger partial charge on any atom is 0.271 e. The summed E-state index contributed by atoms with van der Waals surface area (Å²) in [6.07, 6.45) is 1.34. The fourth-order valence-corrected chi connectivity index (χ4v) is 4.04. The highest BCUT2D eigenvalue weighted by Gasteiger charge is 2.26. The second-order valence-corrected chi connectivity index (χ2v) is 8.21. The van der Waals surface area contributed by atoms with E-state index in [9.17, 15) is 9.59 Å². The molecule has 0 radical (unpaired) electrons. The van der Waals surface area contributed by atoms with Gasteiger partial charge in [-0.1, -0.05) is 17.7 Å². The van der Waals surface area contributed by atoms with Gasteiger partial charge >= 0.3 is 0 Å². The van der Waals surface area contributed by atoms with Crippen molar-refractivity contribution in [3.63, 3.8) is 0 Å². The zero-order valence-corrected chi connectivity index (χ0v) is 19.2. The van der Waals surface area contributed by atoms with Crippen molar-refractivity contribution in [1.82, 2.24) is 9.78 Å². The van der Waals surface area contributed by atoms with E-state index in [0.29, 0.717) is 59.6 Å². The molecule has 8 nitrogen and oxygen atoms in total. The Morgan fingerprint density at radius 3 is 2.36 bits per heavy atom. The Morgan fingerprint density at radius 2 is 1.73 bits per heavy atom. The maximum atomic E-state index is 12.8. The van der Waals surface area contributed by atoms with Crippen LogP contribution in [-0.4, -0.2) is 43.0 Å². The smallest absolute Gasteiger partial charge is 0.271 e. The Kier molecular flexibility index (Phi) is 6.84. The lowest BCUT2D eigenvalue weighted by Crippen LogP contribution is -2.39. The highest BCUT2D eigenvalue weighted by atomic mass is 35.5. The molecule has 1 aliphatic rings. The van der Waals surface area contributed by atoms with Gasteiger partial charge in [0.15, 0.2) is 0 Å². The molecule has 3 aromatic rings. The highest BCUT2D eigenvalue weighted by Crippen LogP contribution is 2.28. The van der Waals surface area contributed by atoms with Gasteiger partial charge in [-0.25, -0.2) is 0 Å². The van der Waals surface area contributed by atoms with Gasteiger partial charge in [0.2, 0.25) is 5.91 Å². The Bertz CT molecular complexity index is 1180. The zero-order valence-electron chi connectivity index (χ0n) is 18.5. The molecule has 1 saturated heterocycles. The zero-order chi connectivity index (χ0) is 23.4. The average Bonchev–Trinajstić information content (AvgIpc) is 2.84. The third-order valence-electron chi connectivity index (χ3n) is 5.65. The van der Waals surface area contributed by atoms with Crippen LogP contribution >= 0.6 is 11.6 Å². The molecule has 0 aliphatic carbocycles. The van der Waals surface area contributed by atoms with E-state index in [4.69, 9.17) is 21.1 Å². The summed E-state index contributed by atoms with van der Waals surface area (Å²) in [5.41, 5.74) is 1.01. The van der Waals surface area contributed by atoms with Crippen molar-refractivity contribution >= 4 is 29.0 Å².